The molecule has 1 unspecified atom stereocenters. The van der Waals surface area contributed by atoms with Gasteiger partial charge in [0.1, 0.15) is 23.9 Å². The summed E-state index contributed by atoms with van der Waals surface area (Å²) in [4.78, 5) is 26.0. The van der Waals surface area contributed by atoms with E-state index < -0.39 is 65.2 Å². The van der Waals surface area contributed by atoms with Gasteiger partial charge in [-0.2, -0.15) is 31.4 Å². The van der Waals surface area contributed by atoms with Gasteiger partial charge in [0.05, 0.1) is 17.1 Å². The van der Waals surface area contributed by atoms with E-state index in [4.69, 9.17) is 11.6 Å². The fraction of sp³-hybridized carbons (Fsp3) is 0.160. The van der Waals surface area contributed by atoms with Crippen molar-refractivity contribution in [2.75, 3.05) is 5.32 Å². The van der Waals surface area contributed by atoms with Gasteiger partial charge in [-0.25, -0.2) is 13.5 Å². The zero-order chi connectivity index (χ0) is 29.1. The van der Waals surface area contributed by atoms with Crippen molar-refractivity contribution in [2.45, 2.75) is 24.9 Å². The SMILES string of the molecule is O=C(Nc1ccc2nn(CC(F)(F)F)c3c2c1C(c1cc(F)ccc1Cl)NC3=O)c1cc(F)cc(C(F)(F)F)c1. The molecule has 15 heteroatoms. The molecule has 208 valence electrons. The molecule has 0 bridgehead atoms. The number of hydrogen-bond donors (Lipinski definition) is 2. The summed E-state index contributed by atoms with van der Waals surface area (Å²) in [6.45, 7) is -1.64. The average molecular weight is 589 g/mol. The Morgan fingerprint density at radius 3 is 2.40 bits per heavy atom. The largest absolute Gasteiger partial charge is 0.416 e. The molecule has 5 rings (SSSR count). The zero-order valence-electron chi connectivity index (χ0n) is 19.5. The molecule has 1 aliphatic rings. The molecular formula is C25H13ClF8N4O2. The van der Waals surface area contributed by atoms with Gasteiger partial charge in [-0.1, -0.05) is 11.6 Å². The van der Waals surface area contributed by atoms with E-state index in [0.717, 1.165) is 12.1 Å². The molecule has 2 amide bonds. The number of carbonyl (C=O) groups excluding carboxylic acids is 2. The molecule has 0 radical (unpaired) electrons. The lowest BCUT2D eigenvalue weighted by molar-refractivity contribution is -0.142. The molecule has 6 nitrogen and oxygen atoms in total. The predicted octanol–water partition coefficient (Wildman–Crippen LogP) is 6.63. The van der Waals surface area contributed by atoms with Crippen molar-refractivity contribution in [3.8, 4) is 0 Å². The number of hydrogen-bond acceptors (Lipinski definition) is 3. The molecule has 0 saturated carbocycles. The Morgan fingerprint density at radius 2 is 1.73 bits per heavy atom. The Kier molecular flexibility index (Phi) is 6.48. The molecule has 1 aliphatic heterocycles. The van der Waals surface area contributed by atoms with E-state index in [0.29, 0.717) is 16.8 Å². The minimum absolute atomic E-state index is 0.0302. The lowest BCUT2D eigenvalue weighted by Gasteiger charge is -2.28. The molecule has 1 aromatic heterocycles. The highest BCUT2D eigenvalue weighted by Crippen LogP contribution is 2.42. The van der Waals surface area contributed by atoms with Crippen LogP contribution in [0.15, 0.2) is 48.5 Å². The number of nitrogens with one attached hydrogen (secondary N) is 2. The summed E-state index contributed by atoms with van der Waals surface area (Å²) < 4.78 is 108. The molecule has 0 saturated heterocycles. The van der Waals surface area contributed by atoms with Crippen molar-refractivity contribution in [3.63, 3.8) is 0 Å². The first-order valence-corrected chi connectivity index (χ1v) is 11.6. The highest BCUT2D eigenvalue weighted by molar-refractivity contribution is 6.31. The topological polar surface area (TPSA) is 76.0 Å². The Morgan fingerprint density at radius 1 is 1.00 bits per heavy atom. The third kappa shape index (κ3) is 5.06. The Hall–Kier alpha value is -4.20. The monoisotopic (exact) mass is 588 g/mol. The van der Waals surface area contributed by atoms with E-state index in [1.165, 1.54) is 18.2 Å². The lowest BCUT2D eigenvalue weighted by Crippen LogP contribution is -2.36. The van der Waals surface area contributed by atoms with Gasteiger partial charge in [-0.05, 0) is 48.5 Å². The van der Waals surface area contributed by atoms with Crippen molar-refractivity contribution < 1.29 is 44.7 Å². The number of benzene rings is 3. The second kappa shape index (κ2) is 9.47. The molecular weight excluding hydrogens is 576 g/mol. The summed E-state index contributed by atoms with van der Waals surface area (Å²) in [5, 5.41) is 8.44. The van der Waals surface area contributed by atoms with E-state index in [1.807, 2.05) is 0 Å². The summed E-state index contributed by atoms with van der Waals surface area (Å²) in [5.74, 6) is -4.33. The van der Waals surface area contributed by atoms with Crippen LogP contribution in [0.1, 0.15) is 43.6 Å². The van der Waals surface area contributed by atoms with E-state index >= 15 is 0 Å². The highest BCUT2D eigenvalue weighted by atomic mass is 35.5. The smallest absolute Gasteiger partial charge is 0.340 e. The van der Waals surface area contributed by atoms with Gasteiger partial charge >= 0.3 is 12.4 Å². The fourth-order valence-electron chi connectivity index (χ4n) is 4.49. The number of carbonyl (C=O) groups is 2. The molecule has 0 aliphatic carbocycles. The molecule has 3 aromatic carbocycles. The van der Waals surface area contributed by atoms with Gasteiger partial charge < -0.3 is 10.6 Å². The molecule has 2 heterocycles. The normalized spacial score (nSPS) is 15.3. The van der Waals surface area contributed by atoms with Crippen LogP contribution in [0, 0.1) is 11.6 Å². The van der Waals surface area contributed by atoms with Crippen molar-refractivity contribution in [3.05, 3.63) is 93.1 Å². The van der Waals surface area contributed by atoms with Crippen LogP contribution >= 0.6 is 11.6 Å². The third-order valence-electron chi connectivity index (χ3n) is 6.06. The highest BCUT2D eigenvalue weighted by Gasteiger charge is 2.38. The standard InChI is InChI=1S/C25H13ClF8N4O2/c26-15-2-1-12(27)8-14(15)20-18-16(35-22(39)10-5-11(25(32,33)34)7-13(28)6-10)3-4-17-19(18)21(23(40)36-20)38(37-17)9-24(29,30)31/h1-8,20H,9H2,(H,35,39)(H,36,40). The number of rotatable bonds is 4. The van der Waals surface area contributed by atoms with E-state index in [-0.39, 0.29) is 38.8 Å². The van der Waals surface area contributed by atoms with E-state index in [1.54, 1.807) is 0 Å². The van der Waals surface area contributed by atoms with Crippen LogP contribution in [0.5, 0.6) is 0 Å². The number of nitrogens with zero attached hydrogens (tertiary/aromatic N) is 2. The second-order valence-electron chi connectivity index (χ2n) is 8.80. The zero-order valence-corrected chi connectivity index (χ0v) is 20.3. The van der Waals surface area contributed by atoms with Crippen LogP contribution < -0.4 is 10.6 Å². The maximum absolute atomic E-state index is 14.2. The fourth-order valence-corrected chi connectivity index (χ4v) is 4.72. The quantitative estimate of drug-likeness (QED) is 0.263. The van der Waals surface area contributed by atoms with Crippen LogP contribution in [0.3, 0.4) is 0 Å². The summed E-state index contributed by atoms with van der Waals surface area (Å²) in [7, 11) is 0. The van der Waals surface area contributed by atoms with Crippen molar-refractivity contribution in [2.24, 2.45) is 0 Å². The molecule has 0 spiro atoms. The van der Waals surface area contributed by atoms with Gasteiger partial charge in [0.2, 0.25) is 0 Å². The van der Waals surface area contributed by atoms with Crippen LogP contribution in [-0.4, -0.2) is 27.8 Å². The van der Waals surface area contributed by atoms with Gasteiger partial charge in [-0.3, -0.25) is 9.59 Å². The summed E-state index contributed by atoms with van der Waals surface area (Å²) in [6.07, 6.45) is -9.74. The number of halogens is 9. The Balaban J connectivity index is 1.70. The first kappa shape index (κ1) is 27.4. The van der Waals surface area contributed by atoms with Gasteiger partial charge in [0.25, 0.3) is 11.8 Å². The molecule has 2 N–H and O–H groups in total. The van der Waals surface area contributed by atoms with Crippen molar-refractivity contribution in [1.82, 2.24) is 15.1 Å². The van der Waals surface area contributed by atoms with Gasteiger partial charge in [0, 0.05) is 32.8 Å². The predicted molar refractivity (Wildman–Crippen MR) is 126 cm³/mol. The van der Waals surface area contributed by atoms with Crippen LogP contribution in [0.2, 0.25) is 5.02 Å². The number of alkyl halides is 6. The molecule has 1 atom stereocenters. The third-order valence-corrected chi connectivity index (χ3v) is 6.40. The molecule has 4 aromatic rings. The summed E-state index contributed by atoms with van der Waals surface area (Å²) >= 11 is 6.24. The lowest BCUT2D eigenvalue weighted by atomic mass is 9.89. The second-order valence-corrected chi connectivity index (χ2v) is 9.20. The Labute approximate surface area is 223 Å². The van der Waals surface area contributed by atoms with Crippen molar-refractivity contribution >= 4 is 40.0 Å². The Bertz CT molecular complexity index is 1700. The number of aromatic nitrogens is 2. The molecule has 40 heavy (non-hydrogen) atoms. The van der Waals surface area contributed by atoms with Crippen LogP contribution in [0.4, 0.5) is 40.8 Å². The minimum atomic E-state index is -4.96. The molecule has 0 fully saturated rings. The summed E-state index contributed by atoms with van der Waals surface area (Å²) in [5.41, 5.74) is -3.04. The van der Waals surface area contributed by atoms with Crippen molar-refractivity contribution in [1.29, 1.82) is 0 Å². The maximum atomic E-state index is 14.2. The summed E-state index contributed by atoms with van der Waals surface area (Å²) in [6, 6.07) is 5.37. The minimum Gasteiger partial charge on any atom is -0.340 e. The first-order chi connectivity index (χ1) is 18.6. The van der Waals surface area contributed by atoms with E-state index in [9.17, 15) is 44.7 Å². The first-order valence-electron chi connectivity index (χ1n) is 11.2. The maximum Gasteiger partial charge on any atom is 0.416 e. The average Bonchev–Trinajstić information content (AvgIpc) is 3.20. The van der Waals surface area contributed by atoms with Crippen LogP contribution in [0.25, 0.3) is 10.9 Å². The van der Waals surface area contributed by atoms with Gasteiger partial charge in [0.15, 0.2) is 0 Å². The van der Waals surface area contributed by atoms with Gasteiger partial charge in [-0.15, -0.1) is 0 Å². The van der Waals surface area contributed by atoms with Crippen LogP contribution in [-0.2, 0) is 12.7 Å². The van der Waals surface area contributed by atoms with E-state index in [2.05, 4.69) is 15.7 Å². The number of amides is 2. The number of anilines is 1.